The molecular formula is C19H16Cl2N2O3. The van der Waals surface area contributed by atoms with E-state index in [9.17, 15) is 9.59 Å². The standard InChI is InChI=1S/C19H16Cl2N2O3/c1-3-10-7-8-22-16(15(10)21)18(25)17-19(26-14(24)4-2)12-9-11(20)5-6-13(12)23-17/h5-9,23H,3-4H2,1-2H3. The van der Waals surface area contributed by atoms with Crippen molar-refractivity contribution in [3.8, 4) is 5.75 Å². The fraction of sp³-hybridized carbons (Fsp3) is 0.211. The summed E-state index contributed by atoms with van der Waals surface area (Å²) in [5, 5.41) is 1.31. The number of fused-ring (bicyclic) bond motifs is 1. The first-order chi connectivity index (χ1) is 12.5. The van der Waals surface area contributed by atoms with Crippen LogP contribution in [0, 0.1) is 0 Å². The molecule has 0 amide bonds. The van der Waals surface area contributed by atoms with Crippen LogP contribution in [0.4, 0.5) is 0 Å². The average molecular weight is 391 g/mol. The SMILES string of the molecule is CCC(=O)Oc1c(C(=O)c2nccc(CC)c2Cl)[nH]c2ccc(Cl)cc12. The monoisotopic (exact) mass is 390 g/mol. The molecule has 1 aromatic carbocycles. The van der Waals surface area contributed by atoms with Gasteiger partial charge in [-0.2, -0.15) is 0 Å². The molecular weight excluding hydrogens is 375 g/mol. The van der Waals surface area contributed by atoms with E-state index in [1.165, 1.54) is 6.20 Å². The number of carbonyl (C=O) groups is 2. The van der Waals surface area contributed by atoms with Crippen LogP contribution in [0.5, 0.6) is 5.75 Å². The number of nitrogens with one attached hydrogen (secondary N) is 1. The van der Waals surface area contributed by atoms with Gasteiger partial charge in [0, 0.05) is 28.5 Å². The second-order valence-corrected chi connectivity index (χ2v) is 6.48. The highest BCUT2D eigenvalue weighted by Gasteiger charge is 2.25. The van der Waals surface area contributed by atoms with Crippen molar-refractivity contribution in [2.45, 2.75) is 26.7 Å². The predicted molar refractivity (Wildman–Crippen MR) is 101 cm³/mol. The van der Waals surface area contributed by atoms with E-state index in [4.69, 9.17) is 27.9 Å². The highest BCUT2D eigenvalue weighted by molar-refractivity contribution is 6.35. The number of ketones is 1. The Labute approximate surface area is 160 Å². The third kappa shape index (κ3) is 3.32. The van der Waals surface area contributed by atoms with Crippen molar-refractivity contribution in [2.75, 3.05) is 0 Å². The Balaban J connectivity index is 2.19. The van der Waals surface area contributed by atoms with Crippen molar-refractivity contribution in [1.82, 2.24) is 9.97 Å². The minimum Gasteiger partial charge on any atom is -0.423 e. The molecule has 0 bridgehead atoms. The van der Waals surface area contributed by atoms with E-state index < -0.39 is 11.8 Å². The first-order valence-electron chi connectivity index (χ1n) is 8.16. The first kappa shape index (κ1) is 18.4. The second-order valence-electron chi connectivity index (χ2n) is 5.66. The number of hydrogen-bond donors (Lipinski definition) is 1. The van der Waals surface area contributed by atoms with Crippen LogP contribution in [0.2, 0.25) is 10.0 Å². The smallest absolute Gasteiger partial charge is 0.310 e. The molecule has 2 aromatic heterocycles. The normalized spacial score (nSPS) is 10.9. The highest BCUT2D eigenvalue weighted by atomic mass is 35.5. The summed E-state index contributed by atoms with van der Waals surface area (Å²) < 4.78 is 5.42. The zero-order valence-electron chi connectivity index (χ0n) is 14.2. The van der Waals surface area contributed by atoms with Crippen molar-refractivity contribution in [1.29, 1.82) is 0 Å². The van der Waals surface area contributed by atoms with Crippen LogP contribution in [0.25, 0.3) is 10.9 Å². The van der Waals surface area contributed by atoms with Crippen molar-refractivity contribution < 1.29 is 14.3 Å². The van der Waals surface area contributed by atoms with Gasteiger partial charge in [0.25, 0.3) is 0 Å². The van der Waals surface area contributed by atoms with E-state index in [0.29, 0.717) is 27.4 Å². The Morgan fingerprint density at radius 1 is 1.19 bits per heavy atom. The molecule has 2 heterocycles. The third-order valence-electron chi connectivity index (χ3n) is 4.01. The van der Waals surface area contributed by atoms with Gasteiger partial charge in [0.15, 0.2) is 5.75 Å². The second kappa shape index (κ2) is 7.48. The van der Waals surface area contributed by atoms with Crippen LogP contribution in [0.1, 0.15) is 42.0 Å². The Hall–Kier alpha value is -2.37. The Bertz CT molecular complexity index is 1010. The van der Waals surface area contributed by atoms with Crippen LogP contribution in [-0.2, 0) is 11.2 Å². The summed E-state index contributed by atoms with van der Waals surface area (Å²) in [7, 11) is 0. The van der Waals surface area contributed by atoms with Crippen LogP contribution >= 0.6 is 23.2 Å². The number of carbonyl (C=O) groups excluding carboxylic acids is 2. The van der Waals surface area contributed by atoms with Gasteiger partial charge in [0.1, 0.15) is 11.4 Å². The molecule has 26 heavy (non-hydrogen) atoms. The first-order valence-corrected chi connectivity index (χ1v) is 8.91. The molecule has 0 spiro atoms. The molecule has 0 radical (unpaired) electrons. The van der Waals surface area contributed by atoms with Gasteiger partial charge in [-0.25, -0.2) is 0 Å². The zero-order chi connectivity index (χ0) is 18.8. The Morgan fingerprint density at radius 3 is 2.65 bits per heavy atom. The lowest BCUT2D eigenvalue weighted by Gasteiger charge is -2.08. The topological polar surface area (TPSA) is 72.1 Å². The number of H-pyrrole nitrogens is 1. The largest absolute Gasteiger partial charge is 0.423 e. The minimum atomic E-state index is -0.457. The molecule has 0 fully saturated rings. The lowest BCUT2D eigenvalue weighted by molar-refractivity contribution is -0.133. The van der Waals surface area contributed by atoms with E-state index in [2.05, 4.69) is 9.97 Å². The van der Waals surface area contributed by atoms with E-state index in [1.807, 2.05) is 6.92 Å². The van der Waals surface area contributed by atoms with Crippen LogP contribution in [-0.4, -0.2) is 21.7 Å². The van der Waals surface area contributed by atoms with Crippen molar-refractivity contribution >= 4 is 45.9 Å². The molecule has 5 nitrogen and oxygen atoms in total. The molecule has 0 saturated carbocycles. The van der Waals surface area contributed by atoms with Gasteiger partial charge in [0.05, 0.1) is 5.02 Å². The number of nitrogens with zero attached hydrogens (tertiary/aromatic N) is 1. The molecule has 0 atom stereocenters. The molecule has 3 rings (SSSR count). The van der Waals surface area contributed by atoms with Crippen LogP contribution in [0.15, 0.2) is 30.5 Å². The van der Waals surface area contributed by atoms with Gasteiger partial charge in [-0.05, 0) is 36.2 Å². The summed E-state index contributed by atoms with van der Waals surface area (Å²) >= 11 is 12.4. The van der Waals surface area contributed by atoms with Crippen molar-refractivity contribution in [2.24, 2.45) is 0 Å². The van der Waals surface area contributed by atoms with Gasteiger partial charge in [-0.3, -0.25) is 14.6 Å². The maximum Gasteiger partial charge on any atom is 0.310 e. The van der Waals surface area contributed by atoms with Gasteiger partial charge >= 0.3 is 5.97 Å². The number of aromatic amines is 1. The van der Waals surface area contributed by atoms with Gasteiger partial charge in [-0.1, -0.05) is 37.0 Å². The molecule has 1 N–H and O–H groups in total. The molecule has 0 aliphatic rings. The molecule has 7 heteroatoms. The van der Waals surface area contributed by atoms with Gasteiger partial charge in [-0.15, -0.1) is 0 Å². The number of halogens is 2. The number of hydrogen-bond acceptors (Lipinski definition) is 4. The maximum atomic E-state index is 13.1. The summed E-state index contributed by atoms with van der Waals surface area (Å²) in [6.45, 7) is 3.61. The highest BCUT2D eigenvalue weighted by Crippen LogP contribution is 2.35. The van der Waals surface area contributed by atoms with E-state index >= 15 is 0 Å². The zero-order valence-corrected chi connectivity index (χ0v) is 15.7. The van der Waals surface area contributed by atoms with Crippen LogP contribution in [0.3, 0.4) is 0 Å². The number of pyridine rings is 1. The number of aryl methyl sites for hydroxylation is 1. The van der Waals surface area contributed by atoms with Crippen molar-refractivity contribution in [3.05, 3.63) is 57.5 Å². The van der Waals surface area contributed by atoms with E-state index in [0.717, 1.165) is 5.56 Å². The Kier molecular flexibility index (Phi) is 5.30. The summed E-state index contributed by atoms with van der Waals surface area (Å²) in [5.41, 5.74) is 1.67. The summed E-state index contributed by atoms with van der Waals surface area (Å²) in [4.78, 5) is 32.1. The number of benzene rings is 1. The Morgan fingerprint density at radius 2 is 1.96 bits per heavy atom. The predicted octanol–water partition coefficient (Wildman–Crippen LogP) is 4.98. The molecule has 0 unspecified atom stereocenters. The molecule has 134 valence electrons. The van der Waals surface area contributed by atoms with E-state index in [1.54, 1.807) is 31.2 Å². The lowest BCUT2D eigenvalue weighted by atomic mass is 10.1. The summed E-state index contributed by atoms with van der Waals surface area (Å²) in [6.07, 6.45) is 2.38. The third-order valence-corrected chi connectivity index (χ3v) is 4.67. The molecule has 3 aromatic rings. The van der Waals surface area contributed by atoms with E-state index in [-0.39, 0.29) is 23.6 Å². The van der Waals surface area contributed by atoms with Crippen molar-refractivity contribution in [3.63, 3.8) is 0 Å². The minimum absolute atomic E-state index is 0.109. The molecule has 0 saturated heterocycles. The summed E-state index contributed by atoms with van der Waals surface area (Å²) in [6, 6.07) is 6.81. The summed E-state index contributed by atoms with van der Waals surface area (Å²) in [5.74, 6) is -0.767. The number of rotatable bonds is 5. The average Bonchev–Trinajstić information content (AvgIpc) is 2.99. The number of aromatic nitrogens is 2. The van der Waals surface area contributed by atoms with Gasteiger partial charge in [0.2, 0.25) is 5.78 Å². The molecule has 0 aliphatic heterocycles. The molecule has 0 aliphatic carbocycles. The quantitative estimate of drug-likeness (QED) is 0.492. The lowest BCUT2D eigenvalue weighted by Crippen LogP contribution is -2.12. The van der Waals surface area contributed by atoms with Crippen LogP contribution < -0.4 is 4.74 Å². The number of esters is 1. The number of ether oxygens (including phenoxy) is 1. The fourth-order valence-corrected chi connectivity index (χ4v) is 3.13. The fourth-order valence-electron chi connectivity index (χ4n) is 2.62. The van der Waals surface area contributed by atoms with Gasteiger partial charge < -0.3 is 9.72 Å². The maximum absolute atomic E-state index is 13.1.